The second kappa shape index (κ2) is 5.90. The van der Waals surface area contributed by atoms with Gasteiger partial charge in [0, 0.05) is 10.0 Å². The predicted octanol–water partition coefficient (Wildman–Crippen LogP) is 4.33. The summed E-state index contributed by atoms with van der Waals surface area (Å²) in [6, 6.07) is 9.11. The minimum absolute atomic E-state index is 0.395. The Labute approximate surface area is 123 Å². The van der Waals surface area contributed by atoms with Crippen LogP contribution in [-0.2, 0) is 0 Å². The highest BCUT2D eigenvalue weighted by Crippen LogP contribution is 2.33. The Morgan fingerprint density at radius 3 is 2.63 bits per heavy atom. The largest absolute Gasteiger partial charge is 0.495 e. The zero-order valence-corrected chi connectivity index (χ0v) is 12.4. The van der Waals surface area contributed by atoms with Gasteiger partial charge in [-0.05, 0) is 35.9 Å². The number of rotatable bonds is 3. The zero-order valence-electron chi connectivity index (χ0n) is 10.0. The molecule has 5 heteroatoms. The Morgan fingerprint density at radius 1 is 1.26 bits per heavy atom. The van der Waals surface area contributed by atoms with Crippen LogP contribution in [0.3, 0.4) is 0 Å². The molecule has 19 heavy (non-hydrogen) atoms. The molecule has 0 aliphatic carbocycles. The summed E-state index contributed by atoms with van der Waals surface area (Å²) < 4.78 is 18.9. The minimum Gasteiger partial charge on any atom is -0.495 e. The normalized spacial score (nSPS) is 12.3. The molecule has 0 aliphatic heterocycles. The van der Waals surface area contributed by atoms with Gasteiger partial charge in [-0.2, -0.15) is 0 Å². The van der Waals surface area contributed by atoms with Crippen LogP contribution in [0.5, 0.6) is 5.75 Å². The van der Waals surface area contributed by atoms with E-state index in [0.717, 1.165) is 0 Å². The van der Waals surface area contributed by atoms with E-state index in [2.05, 4.69) is 15.9 Å². The number of aliphatic hydroxyl groups excluding tert-OH is 1. The van der Waals surface area contributed by atoms with Crippen LogP contribution < -0.4 is 4.74 Å². The van der Waals surface area contributed by atoms with Crippen LogP contribution >= 0.6 is 27.5 Å². The summed E-state index contributed by atoms with van der Waals surface area (Å²) >= 11 is 9.30. The summed E-state index contributed by atoms with van der Waals surface area (Å²) in [6.07, 6.45) is -0.964. The molecule has 0 saturated carbocycles. The summed E-state index contributed by atoms with van der Waals surface area (Å²) in [7, 11) is 1.51. The van der Waals surface area contributed by atoms with E-state index < -0.39 is 11.9 Å². The van der Waals surface area contributed by atoms with Gasteiger partial charge in [0.1, 0.15) is 17.7 Å². The zero-order chi connectivity index (χ0) is 14.0. The molecule has 0 fully saturated rings. The Kier molecular flexibility index (Phi) is 4.45. The summed E-state index contributed by atoms with van der Waals surface area (Å²) in [5, 5.41) is 10.7. The average Bonchev–Trinajstić information content (AvgIpc) is 2.40. The second-order valence-corrected chi connectivity index (χ2v) is 5.22. The Balaban J connectivity index is 2.41. The first kappa shape index (κ1) is 14.3. The molecule has 1 N–H and O–H groups in total. The number of aliphatic hydroxyl groups is 1. The van der Waals surface area contributed by atoms with Crippen molar-refractivity contribution < 1.29 is 14.2 Å². The monoisotopic (exact) mass is 344 g/mol. The van der Waals surface area contributed by atoms with E-state index in [4.69, 9.17) is 16.3 Å². The number of hydrogen-bond acceptors (Lipinski definition) is 2. The van der Waals surface area contributed by atoms with Crippen molar-refractivity contribution in [3.63, 3.8) is 0 Å². The van der Waals surface area contributed by atoms with E-state index in [9.17, 15) is 9.50 Å². The molecule has 0 aromatic heterocycles. The summed E-state index contributed by atoms with van der Waals surface area (Å²) in [5.74, 6) is 0.118. The number of methoxy groups -OCH3 is 1. The number of halogens is 3. The van der Waals surface area contributed by atoms with E-state index in [-0.39, 0.29) is 0 Å². The number of hydrogen-bond donors (Lipinski definition) is 1. The maximum absolute atomic E-state index is 13.2. The fourth-order valence-corrected chi connectivity index (χ4v) is 2.49. The van der Waals surface area contributed by atoms with Crippen molar-refractivity contribution in [2.75, 3.05) is 7.11 Å². The molecule has 2 aromatic carbocycles. The lowest BCUT2D eigenvalue weighted by atomic mass is 10.0. The molecule has 2 rings (SSSR count). The molecule has 0 radical (unpaired) electrons. The maximum Gasteiger partial charge on any atom is 0.137 e. The first-order valence-electron chi connectivity index (χ1n) is 5.49. The smallest absolute Gasteiger partial charge is 0.137 e. The fourth-order valence-electron chi connectivity index (χ4n) is 1.76. The van der Waals surface area contributed by atoms with Crippen LogP contribution in [0.25, 0.3) is 0 Å². The molecule has 0 amide bonds. The molecule has 0 aliphatic rings. The van der Waals surface area contributed by atoms with E-state index >= 15 is 0 Å². The van der Waals surface area contributed by atoms with Gasteiger partial charge in [0.05, 0.1) is 12.1 Å². The lowest BCUT2D eigenvalue weighted by molar-refractivity contribution is 0.219. The minimum atomic E-state index is -0.964. The van der Waals surface area contributed by atoms with Crippen molar-refractivity contribution in [2.45, 2.75) is 6.10 Å². The van der Waals surface area contributed by atoms with Gasteiger partial charge in [0.15, 0.2) is 0 Å². The second-order valence-electron chi connectivity index (χ2n) is 3.96. The quantitative estimate of drug-likeness (QED) is 0.897. The molecule has 2 nitrogen and oxygen atoms in total. The van der Waals surface area contributed by atoms with E-state index in [1.165, 1.54) is 19.2 Å². The highest BCUT2D eigenvalue weighted by Gasteiger charge is 2.16. The molecule has 1 unspecified atom stereocenters. The Morgan fingerprint density at radius 2 is 2.00 bits per heavy atom. The van der Waals surface area contributed by atoms with Crippen molar-refractivity contribution in [1.29, 1.82) is 0 Å². The van der Waals surface area contributed by atoms with Crippen LogP contribution in [0.1, 0.15) is 17.2 Å². The van der Waals surface area contributed by atoms with E-state index in [0.29, 0.717) is 26.4 Å². The van der Waals surface area contributed by atoms with Crippen molar-refractivity contribution in [3.8, 4) is 5.75 Å². The van der Waals surface area contributed by atoms with Crippen molar-refractivity contribution in [2.24, 2.45) is 0 Å². The molecule has 2 aromatic rings. The van der Waals surface area contributed by atoms with Gasteiger partial charge in [0.2, 0.25) is 0 Å². The molecular formula is C14H11BrClFO2. The molecular weight excluding hydrogens is 335 g/mol. The third kappa shape index (κ3) is 3.08. The fraction of sp³-hybridized carbons (Fsp3) is 0.143. The van der Waals surface area contributed by atoms with Crippen LogP contribution in [0.15, 0.2) is 40.9 Å². The molecule has 0 spiro atoms. The lowest BCUT2D eigenvalue weighted by Gasteiger charge is -2.14. The Bertz CT molecular complexity index is 604. The number of benzene rings is 2. The number of ether oxygens (including phenoxy) is 1. The Hall–Kier alpha value is -1.10. The average molecular weight is 346 g/mol. The van der Waals surface area contributed by atoms with Gasteiger partial charge in [-0.3, -0.25) is 0 Å². The van der Waals surface area contributed by atoms with Crippen molar-refractivity contribution in [1.82, 2.24) is 0 Å². The molecule has 0 heterocycles. The first-order valence-corrected chi connectivity index (χ1v) is 6.66. The predicted molar refractivity (Wildman–Crippen MR) is 76.2 cm³/mol. The van der Waals surface area contributed by atoms with E-state index in [1.807, 2.05) is 0 Å². The SMILES string of the molecule is COc1ccc(C(O)c2cc(F)ccc2Br)cc1Cl. The molecule has 0 bridgehead atoms. The topological polar surface area (TPSA) is 29.5 Å². The first-order chi connectivity index (χ1) is 9.02. The van der Waals surface area contributed by atoms with Crippen LogP contribution in [-0.4, -0.2) is 12.2 Å². The maximum atomic E-state index is 13.2. The summed E-state index contributed by atoms with van der Waals surface area (Å²) in [4.78, 5) is 0. The summed E-state index contributed by atoms with van der Waals surface area (Å²) in [5.41, 5.74) is 1.01. The van der Waals surface area contributed by atoms with Gasteiger partial charge in [0.25, 0.3) is 0 Å². The van der Waals surface area contributed by atoms with E-state index in [1.54, 1.807) is 24.3 Å². The van der Waals surface area contributed by atoms with Gasteiger partial charge >= 0.3 is 0 Å². The highest BCUT2D eigenvalue weighted by molar-refractivity contribution is 9.10. The summed E-state index contributed by atoms with van der Waals surface area (Å²) in [6.45, 7) is 0. The molecule has 1 atom stereocenters. The van der Waals surface area contributed by atoms with Crippen molar-refractivity contribution >= 4 is 27.5 Å². The van der Waals surface area contributed by atoms with Crippen LogP contribution in [0.4, 0.5) is 4.39 Å². The van der Waals surface area contributed by atoms with Crippen LogP contribution in [0, 0.1) is 5.82 Å². The highest BCUT2D eigenvalue weighted by atomic mass is 79.9. The third-order valence-corrected chi connectivity index (χ3v) is 3.76. The van der Waals surface area contributed by atoms with Gasteiger partial charge in [-0.1, -0.05) is 33.6 Å². The lowest BCUT2D eigenvalue weighted by Crippen LogP contribution is -2.01. The van der Waals surface area contributed by atoms with Crippen molar-refractivity contribution in [3.05, 3.63) is 62.8 Å². The van der Waals surface area contributed by atoms with Gasteiger partial charge < -0.3 is 9.84 Å². The molecule has 0 saturated heterocycles. The van der Waals surface area contributed by atoms with Gasteiger partial charge in [-0.15, -0.1) is 0 Å². The third-order valence-electron chi connectivity index (χ3n) is 2.74. The standard InChI is InChI=1S/C14H11BrClFO2/c1-19-13-5-2-8(6-12(13)16)14(18)10-7-9(17)3-4-11(10)15/h2-7,14,18H,1H3. The molecule has 100 valence electrons. The van der Waals surface area contributed by atoms with Crippen LogP contribution in [0.2, 0.25) is 5.02 Å². The van der Waals surface area contributed by atoms with Gasteiger partial charge in [-0.25, -0.2) is 4.39 Å².